The highest BCUT2D eigenvalue weighted by atomic mass is 79.9. The lowest BCUT2D eigenvalue weighted by molar-refractivity contribution is -0.122. The first kappa shape index (κ1) is 12.4. The molecule has 2 rings (SSSR count). The molecule has 3 nitrogen and oxygen atoms in total. The highest BCUT2D eigenvalue weighted by Crippen LogP contribution is 2.32. The fraction of sp³-hybridized carbons (Fsp3) is 0.167. The Morgan fingerprint density at radius 1 is 1.41 bits per heavy atom. The van der Waals surface area contributed by atoms with Crippen molar-refractivity contribution in [3.05, 3.63) is 39.2 Å². The Balaban J connectivity index is 2.30. The second-order valence-electron chi connectivity index (χ2n) is 3.48. The van der Waals surface area contributed by atoms with Crippen molar-refractivity contribution in [2.75, 3.05) is 6.54 Å². The van der Waals surface area contributed by atoms with E-state index < -0.39 is 0 Å². The summed E-state index contributed by atoms with van der Waals surface area (Å²) in [6, 6.07) is 7.60. The summed E-state index contributed by atoms with van der Waals surface area (Å²) in [5.41, 5.74) is 0.904. The third kappa shape index (κ3) is 2.61. The standard InChI is InChI=1S/C12H10BrNO2S/c1-2-14-11(15)10(17-12(14)16)7-8-4-3-5-9(13)6-8/h3-7H,2H2,1H3/b10-7-. The van der Waals surface area contributed by atoms with Crippen LogP contribution in [0.5, 0.6) is 0 Å². The molecule has 1 aliphatic rings. The molecule has 0 unspecified atom stereocenters. The summed E-state index contributed by atoms with van der Waals surface area (Å²) in [6.45, 7) is 2.21. The number of hydrogen-bond donors (Lipinski definition) is 0. The summed E-state index contributed by atoms with van der Waals surface area (Å²) in [6.07, 6.45) is 1.74. The molecule has 1 heterocycles. The van der Waals surface area contributed by atoms with Crippen LogP contribution in [-0.4, -0.2) is 22.6 Å². The highest BCUT2D eigenvalue weighted by Gasteiger charge is 2.33. The first-order chi connectivity index (χ1) is 8.11. The van der Waals surface area contributed by atoms with Crippen LogP contribution in [0.2, 0.25) is 0 Å². The molecule has 0 atom stereocenters. The number of likely N-dealkylation sites (N-methyl/N-ethyl adjacent to an activating group) is 1. The largest absolute Gasteiger partial charge is 0.293 e. The van der Waals surface area contributed by atoms with Gasteiger partial charge in [-0.2, -0.15) is 0 Å². The number of benzene rings is 1. The average Bonchev–Trinajstić information content (AvgIpc) is 2.54. The predicted octanol–water partition coefficient (Wildman–Crippen LogP) is 3.51. The molecule has 0 N–H and O–H groups in total. The van der Waals surface area contributed by atoms with E-state index in [0.29, 0.717) is 11.4 Å². The molecule has 1 aliphatic heterocycles. The van der Waals surface area contributed by atoms with E-state index in [-0.39, 0.29) is 11.1 Å². The summed E-state index contributed by atoms with van der Waals surface area (Å²) >= 11 is 4.36. The van der Waals surface area contributed by atoms with E-state index in [0.717, 1.165) is 21.8 Å². The van der Waals surface area contributed by atoms with E-state index in [1.54, 1.807) is 13.0 Å². The maximum absolute atomic E-state index is 11.8. The zero-order valence-corrected chi connectivity index (χ0v) is 11.5. The van der Waals surface area contributed by atoms with Gasteiger partial charge in [0.2, 0.25) is 0 Å². The zero-order valence-electron chi connectivity index (χ0n) is 9.14. The minimum atomic E-state index is -0.206. The zero-order chi connectivity index (χ0) is 12.4. The van der Waals surface area contributed by atoms with Gasteiger partial charge in [0.05, 0.1) is 4.91 Å². The minimum Gasteiger partial charge on any atom is -0.269 e. The molecule has 88 valence electrons. The van der Waals surface area contributed by atoms with Gasteiger partial charge in [0.1, 0.15) is 0 Å². The maximum Gasteiger partial charge on any atom is 0.293 e. The SMILES string of the molecule is CCN1C(=O)S/C(=C\c2cccc(Br)c2)C1=O. The fourth-order valence-electron chi connectivity index (χ4n) is 1.52. The topological polar surface area (TPSA) is 37.4 Å². The number of carbonyl (C=O) groups is 2. The maximum atomic E-state index is 11.8. The summed E-state index contributed by atoms with van der Waals surface area (Å²) in [7, 11) is 0. The van der Waals surface area contributed by atoms with E-state index in [1.807, 2.05) is 24.3 Å². The third-order valence-electron chi connectivity index (χ3n) is 2.34. The molecular formula is C12H10BrNO2S. The van der Waals surface area contributed by atoms with E-state index in [1.165, 1.54) is 4.90 Å². The van der Waals surface area contributed by atoms with Crippen LogP contribution in [0.15, 0.2) is 33.6 Å². The van der Waals surface area contributed by atoms with Crippen molar-refractivity contribution >= 4 is 44.9 Å². The van der Waals surface area contributed by atoms with Crippen LogP contribution in [0.3, 0.4) is 0 Å². The predicted molar refractivity (Wildman–Crippen MR) is 72.5 cm³/mol. The first-order valence-corrected chi connectivity index (χ1v) is 6.73. The van der Waals surface area contributed by atoms with Gasteiger partial charge in [-0.25, -0.2) is 0 Å². The number of thioether (sulfide) groups is 1. The van der Waals surface area contributed by atoms with Gasteiger partial charge in [-0.05, 0) is 42.5 Å². The molecule has 17 heavy (non-hydrogen) atoms. The van der Waals surface area contributed by atoms with Crippen molar-refractivity contribution in [1.29, 1.82) is 0 Å². The molecule has 0 radical (unpaired) electrons. The van der Waals surface area contributed by atoms with E-state index in [9.17, 15) is 9.59 Å². The van der Waals surface area contributed by atoms with Crippen LogP contribution in [-0.2, 0) is 4.79 Å². The highest BCUT2D eigenvalue weighted by molar-refractivity contribution is 9.10. The van der Waals surface area contributed by atoms with Crippen molar-refractivity contribution in [2.24, 2.45) is 0 Å². The van der Waals surface area contributed by atoms with Gasteiger partial charge in [-0.15, -0.1) is 0 Å². The first-order valence-electron chi connectivity index (χ1n) is 5.12. The van der Waals surface area contributed by atoms with Crippen molar-refractivity contribution in [1.82, 2.24) is 4.90 Å². The summed E-state index contributed by atoms with van der Waals surface area (Å²) < 4.78 is 0.945. The normalized spacial score (nSPS) is 18.2. The molecule has 0 bridgehead atoms. The summed E-state index contributed by atoms with van der Waals surface area (Å²) in [5, 5.41) is -0.196. The van der Waals surface area contributed by atoms with Crippen molar-refractivity contribution < 1.29 is 9.59 Å². The molecule has 1 aromatic carbocycles. The molecule has 2 amide bonds. The van der Waals surface area contributed by atoms with Crippen molar-refractivity contribution in [2.45, 2.75) is 6.92 Å². The Bertz CT molecular complexity index is 513. The quantitative estimate of drug-likeness (QED) is 0.784. The number of carbonyl (C=O) groups excluding carboxylic acids is 2. The Kier molecular flexibility index (Phi) is 3.69. The van der Waals surface area contributed by atoms with Gasteiger partial charge in [0, 0.05) is 11.0 Å². The van der Waals surface area contributed by atoms with Gasteiger partial charge in [-0.3, -0.25) is 14.5 Å². The number of nitrogens with zero attached hydrogens (tertiary/aromatic N) is 1. The minimum absolute atomic E-state index is 0.196. The van der Waals surface area contributed by atoms with E-state index in [2.05, 4.69) is 15.9 Å². The molecule has 0 saturated carbocycles. The van der Waals surface area contributed by atoms with Gasteiger partial charge in [-0.1, -0.05) is 28.1 Å². The smallest absolute Gasteiger partial charge is 0.269 e. The Morgan fingerprint density at radius 2 is 2.18 bits per heavy atom. The number of hydrogen-bond acceptors (Lipinski definition) is 3. The lowest BCUT2D eigenvalue weighted by Crippen LogP contribution is -2.27. The second kappa shape index (κ2) is 5.06. The Labute approximate surface area is 112 Å². The average molecular weight is 312 g/mol. The summed E-state index contributed by atoms with van der Waals surface area (Å²) in [5.74, 6) is -0.206. The van der Waals surface area contributed by atoms with E-state index >= 15 is 0 Å². The van der Waals surface area contributed by atoms with Crippen LogP contribution < -0.4 is 0 Å². The Morgan fingerprint density at radius 3 is 2.76 bits per heavy atom. The van der Waals surface area contributed by atoms with Crippen LogP contribution in [0.4, 0.5) is 4.79 Å². The van der Waals surface area contributed by atoms with Crippen LogP contribution in [0.1, 0.15) is 12.5 Å². The molecule has 0 aromatic heterocycles. The van der Waals surface area contributed by atoms with Crippen molar-refractivity contribution in [3.8, 4) is 0 Å². The third-order valence-corrected chi connectivity index (χ3v) is 3.74. The monoisotopic (exact) mass is 311 g/mol. The van der Waals surface area contributed by atoms with E-state index in [4.69, 9.17) is 0 Å². The van der Waals surface area contributed by atoms with Crippen LogP contribution in [0, 0.1) is 0 Å². The van der Waals surface area contributed by atoms with Crippen LogP contribution >= 0.6 is 27.7 Å². The number of halogens is 1. The lowest BCUT2D eigenvalue weighted by Gasteiger charge is -2.06. The van der Waals surface area contributed by atoms with Gasteiger partial charge >= 0.3 is 0 Å². The molecular weight excluding hydrogens is 302 g/mol. The molecule has 1 fully saturated rings. The van der Waals surface area contributed by atoms with Gasteiger partial charge in [0.25, 0.3) is 11.1 Å². The van der Waals surface area contributed by atoms with Crippen LogP contribution in [0.25, 0.3) is 6.08 Å². The summed E-state index contributed by atoms with van der Waals surface area (Å²) in [4.78, 5) is 25.1. The molecule has 0 spiro atoms. The number of imide groups is 1. The second-order valence-corrected chi connectivity index (χ2v) is 5.39. The van der Waals surface area contributed by atoms with Gasteiger partial charge in [0.15, 0.2) is 0 Å². The molecule has 0 aliphatic carbocycles. The Hall–Kier alpha value is -1.07. The molecule has 5 heteroatoms. The fourth-order valence-corrected chi connectivity index (χ4v) is 2.84. The number of rotatable bonds is 2. The lowest BCUT2D eigenvalue weighted by atomic mass is 10.2. The van der Waals surface area contributed by atoms with Gasteiger partial charge < -0.3 is 0 Å². The molecule has 1 aromatic rings. The van der Waals surface area contributed by atoms with Crippen molar-refractivity contribution in [3.63, 3.8) is 0 Å². The molecule has 1 saturated heterocycles. The number of amides is 2.